The molecule has 0 radical (unpaired) electrons. The first-order valence-electron chi connectivity index (χ1n) is 6.12. The Morgan fingerprint density at radius 1 is 1.14 bits per heavy atom. The van der Waals surface area contributed by atoms with Crippen LogP contribution in [0.3, 0.4) is 0 Å². The lowest BCUT2D eigenvalue weighted by molar-refractivity contribution is 0.259. The molecule has 0 rings (SSSR count). The molecule has 0 aromatic rings. The molecule has 0 aliphatic carbocycles. The van der Waals surface area contributed by atoms with E-state index in [-0.39, 0.29) is 0 Å². The average molecular weight is 201 g/mol. The maximum Gasteiger partial charge on any atom is -0.00517 e. The molecule has 0 spiro atoms. The van der Waals surface area contributed by atoms with Gasteiger partial charge in [0.2, 0.25) is 0 Å². The van der Waals surface area contributed by atoms with E-state index < -0.39 is 0 Å². The Bertz CT molecular complexity index is 106. The third-order valence-corrected chi connectivity index (χ3v) is 2.24. The predicted octanol–water partition coefficient (Wildman–Crippen LogP) is 4.08. The fraction of sp³-hybridized carbons (Fsp3) is 1.00. The summed E-state index contributed by atoms with van der Waals surface area (Å²) in [6.45, 7) is 14.5. The maximum absolute atomic E-state index is 3.19. The lowest BCUT2D eigenvalue weighted by Gasteiger charge is -2.26. The van der Waals surface area contributed by atoms with E-state index in [9.17, 15) is 0 Å². The average Bonchev–Trinajstić information content (AvgIpc) is 2.05. The van der Waals surface area contributed by atoms with E-state index in [2.05, 4.69) is 33.0 Å². The van der Waals surface area contributed by atoms with Crippen LogP contribution in [0.5, 0.6) is 0 Å². The molecule has 0 atom stereocenters. The lowest BCUT2D eigenvalue weighted by atomic mass is 9.80. The highest BCUT2D eigenvalue weighted by Gasteiger charge is 2.18. The third-order valence-electron chi connectivity index (χ3n) is 2.24. The van der Waals surface area contributed by atoms with Crippen LogP contribution in [-0.2, 0) is 0 Å². The second-order valence-corrected chi connectivity index (χ2v) is 4.97. The van der Waals surface area contributed by atoms with E-state index >= 15 is 0 Å². The summed E-state index contributed by atoms with van der Waals surface area (Å²) in [5.74, 6) is 0.828. The molecule has 0 unspecified atom stereocenters. The second-order valence-electron chi connectivity index (χ2n) is 4.97. The number of nitrogens with one attached hydrogen (secondary N) is 1. The van der Waals surface area contributed by atoms with Gasteiger partial charge in [-0.05, 0) is 44.2 Å². The number of hydrogen-bond donors (Lipinski definition) is 1. The summed E-state index contributed by atoms with van der Waals surface area (Å²) in [6, 6.07) is 0. The van der Waals surface area contributed by atoms with Gasteiger partial charge in [-0.2, -0.15) is 0 Å². The standard InChI is InChI=1S/C11H25N.C2H6/c1-10(2)9-11(3,4)7-6-8-12-5;1-2/h10,12H,6-9H2,1-5H3;1-2H3. The molecule has 0 heterocycles. The van der Waals surface area contributed by atoms with E-state index in [0.29, 0.717) is 5.41 Å². The minimum absolute atomic E-state index is 0.533. The second kappa shape index (κ2) is 9.51. The Labute approximate surface area is 91.7 Å². The summed E-state index contributed by atoms with van der Waals surface area (Å²) in [6.07, 6.45) is 3.99. The smallest absolute Gasteiger partial charge is 0.00517 e. The summed E-state index contributed by atoms with van der Waals surface area (Å²) in [4.78, 5) is 0. The van der Waals surface area contributed by atoms with Crippen LogP contribution in [0.25, 0.3) is 0 Å². The molecular weight excluding hydrogens is 170 g/mol. The van der Waals surface area contributed by atoms with Gasteiger partial charge in [-0.1, -0.05) is 41.5 Å². The Balaban J connectivity index is 0. The van der Waals surface area contributed by atoms with Gasteiger partial charge in [0.05, 0.1) is 0 Å². The highest BCUT2D eigenvalue weighted by atomic mass is 14.8. The van der Waals surface area contributed by atoms with Crippen molar-refractivity contribution in [3.8, 4) is 0 Å². The molecule has 0 bridgehead atoms. The van der Waals surface area contributed by atoms with Crippen molar-refractivity contribution in [2.45, 2.75) is 60.8 Å². The summed E-state index contributed by atoms with van der Waals surface area (Å²) in [7, 11) is 2.02. The molecule has 0 aromatic carbocycles. The molecule has 0 aromatic heterocycles. The fourth-order valence-corrected chi connectivity index (χ4v) is 1.95. The zero-order valence-electron chi connectivity index (χ0n) is 11.4. The summed E-state index contributed by atoms with van der Waals surface area (Å²) in [5, 5.41) is 3.19. The predicted molar refractivity (Wildman–Crippen MR) is 67.7 cm³/mol. The molecular formula is C13H31N. The van der Waals surface area contributed by atoms with Gasteiger partial charge in [-0.25, -0.2) is 0 Å². The molecule has 0 aliphatic heterocycles. The van der Waals surface area contributed by atoms with Crippen molar-refractivity contribution in [2.24, 2.45) is 11.3 Å². The monoisotopic (exact) mass is 201 g/mol. The molecule has 1 nitrogen and oxygen atoms in total. The zero-order chi connectivity index (χ0) is 11.6. The van der Waals surface area contributed by atoms with E-state index in [0.717, 1.165) is 12.5 Å². The van der Waals surface area contributed by atoms with Crippen molar-refractivity contribution in [3.63, 3.8) is 0 Å². The molecule has 88 valence electrons. The van der Waals surface area contributed by atoms with Crippen molar-refractivity contribution in [2.75, 3.05) is 13.6 Å². The SMILES string of the molecule is CC.CNCCCC(C)(C)CC(C)C. The van der Waals surface area contributed by atoms with Crippen LogP contribution in [0.4, 0.5) is 0 Å². The first kappa shape index (κ1) is 16.4. The number of hydrogen-bond acceptors (Lipinski definition) is 1. The molecule has 0 saturated carbocycles. The lowest BCUT2D eigenvalue weighted by Crippen LogP contribution is -2.17. The normalized spacial score (nSPS) is 11.1. The first-order chi connectivity index (χ1) is 6.48. The van der Waals surface area contributed by atoms with Crippen LogP contribution in [0.15, 0.2) is 0 Å². The van der Waals surface area contributed by atoms with Gasteiger partial charge in [-0.15, -0.1) is 0 Å². The topological polar surface area (TPSA) is 12.0 Å². The van der Waals surface area contributed by atoms with Crippen molar-refractivity contribution in [1.29, 1.82) is 0 Å². The summed E-state index contributed by atoms with van der Waals surface area (Å²) >= 11 is 0. The van der Waals surface area contributed by atoms with Crippen LogP contribution in [0, 0.1) is 11.3 Å². The maximum atomic E-state index is 3.19. The number of rotatable bonds is 6. The highest BCUT2D eigenvalue weighted by molar-refractivity contribution is 4.70. The van der Waals surface area contributed by atoms with Crippen LogP contribution >= 0.6 is 0 Å². The Morgan fingerprint density at radius 2 is 1.64 bits per heavy atom. The van der Waals surface area contributed by atoms with Crippen molar-refractivity contribution in [3.05, 3.63) is 0 Å². The van der Waals surface area contributed by atoms with Crippen molar-refractivity contribution in [1.82, 2.24) is 5.32 Å². The molecule has 0 aliphatic rings. The van der Waals surface area contributed by atoms with Gasteiger partial charge < -0.3 is 5.32 Å². The van der Waals surface area contributed by atoms with E-state index in [1.807, 2.05) is 20.9 Å². The molecule has 1 heteroatoms. The van der Waals surface area contributed by atoms with E-state index in [1.165, 1.54) is 19.3 Å². The molecule has 14 heavy (non-hydrogen) atoms. The van der Waals surface area contributed by atoms with Gasteiger partial charge in [-0.3, -0.25) is 0 Å². The Morgan fingerprint density at radius 3 is 2.00 bits per heavy atom. The fourth-order valence-electron chi connectivity index (χ4n) is 1.95. The van der Waals surface area contributed by atoms with Gasteiger partial charge in [0.1, 0.15) is 0 Å². The molecule has 1 N–H and O–H groups in total. The van der Waals surface area contributed by atoms with Crippen LogP contribution in [0.2, 0.25) is 0 Å². The Kier molecular flexibility index (Phi) is 11.1. The molecule has 0 fully saturated rings. The minimum Gasteiger partial charge on any atom is -0.320 e. The van der Waals surface area contributed by atoms with Gasteiger partial charge >= 0.3 is 0 Å². The largest absolute Gasteiger partial charge is 0.320 e. The third kappa shape index (κ3) is 12.0. The molecule has 0 saturated heterocycles. The quantitative estimate of drug-likeness (QED) is 0.638. The zero-order valence-corrected chi connectivity index (χ0v) is 11.4. The summed E-state index contributed by atoms with van der Waals surface area (Å²) < 4.78 is 0. The van der Waals surface area contributed by atoms with Crippen LogP contribution in [-0.4, -0.2) is 13.6 Å². The van der Waals surface area contributed by atoms with Crippen molar-refractivity contribution < 1.29 is 0 Å². The molecule has 0 amide bonds. The van der Waals surface area contributed by atoms with Gasteiger partial charge in [0.25, 0.3) is 0 Å². The van der Waals surface area contributed by atoms with E-state index in [4.69, 9.17) is 0 Å². The van der Waals surface area contributed by atoms with Crippen molar-refractivity contribution >= 4 is 0 Å². The highest BCUT2D eigenvalue weighted by Crippen LogP contribution is 2.29. The van der Waals surface area contributed by atoms with Gasteiger partial charge in [0, 0.05) is 0 Å². The van der Waals surface area contributed by atoms with Gasteiger partial charge in [0.15, 0.2) is 0 Å². The van der Waals surface area contributed by atoms with Crippen LogP contribution in [0.1, 0.15) is 60.8 Å². The van der Waals surface area contributed by atoms with E-state index in [1.54, 1.807) is 0 Å². The summed E-state index contributed by atoms with van der Waals surface area (Å²) in [5.41, 5.74) is 0.533. The van der Waals surface area contributed by atoms with Crippen LogP contribution < -0.4 is 5.32 Å². The first-order valence-corrected chi connectivity index (χ1v) is 6.12. The minimum atomic E-state index is 0.533. The Hall–Kier alpha value is -0.0400.